The van der Waals surface area contributed by atoms with Gasteiger partial charge in [-0.05, 0) is 32.7 Å². The molecule has 3 heteroatoms. The van der Waals surface area contributed by atoms with Crippen LogP contribution in [-0.2, 0) is 4.79 Å². The lowest BCUT2D eigenvalue weighted by atomic mass is 9.98. The number of amides is 1. The smallest absolute Gasteiger partial charge is 0.237 e. The molecule has 0 bridgehead atoms. The molecule has 0 radical (unpaired) electrons. The van der Waals surface area contributed by atoms with E-state index < -0.39 is 0 Å². The third-order valence-corrected chi connectivity index (χ3v) is 2.82. The van der Waals surface area contributed by atoms with E-state index >= 15 is 0 Å². The van der Waals surface area contributed by atoms with Crippen molar-refractivity contribution in [3.8, 4) is 0 Å². The minimum absolute atomic E-state index is 0.0567. The first kappa shape index (κ1) is 7.10. The van der Waals surface area contributed by atoms with Crippen molar-refractivity contribution < 1.29 is 4.79 Å². The zero-order valence-electron chi connectivity index (χ0n) is 6.81. The van der Waals surface area contributed by atoms with Gasteiger partial charge in [0.15, 0.2) is 0 Å². The van der Waals surface area contributed by atoms with Crippen LogP contribution in [0.3, 0.4) is 0 Å². The molecule has 1 atom stereocenters. The number of nitrogens with one attached hydrogen (secondary N) is 2. The number of likely N-dealkylation sites (N-methyl/N-ethyl adjacent to an activating group) is 1. The van der Waals surface area contributed by atoms with E-state index in [2.05, 4.69) is 10.6 Å². The van der Waals surface area contributed by atoms with Crippen LogP contribution in [0.2, 0.25) is 0 Å². The Hall–Kier alpha value is -0.570. The summed E-state index contributed by atoms with van der Waals surface area (Å²) in [4.78, 5) is 11.3. The summed E-state index contributed by atoms with van der Waals surface area (Å²) in [7, 11) is 1.84. The number of piperidine rings is 1. The maximum absolute atomic E-state index is 11.3. The molecule has 1 heterocycles. The minimum atomic E-state index is 0.0567. The normalized spacial score (nSPS) is 33.5. The summed E-state index contributed by atoms with van der Waals surface area (Å²) in [5, 5.41) is 6.07. The average Bonchev–Trinajstić information content (AvgIpc) is 2.70. The average molecular weight is 154 g/mol. The van der Waals surface area contributed by atoms with E-state index in [9.17, 15) is 4.79 Å². The Balaban J connectivity index is 1.99. The largest absolute Gasteiger partial charge is 0.349 e. The second-order valence-corrected chi connectivity index (χ2v) is 3.65. The topological polar surface area (TPSA) is 41.1 Å². The van der Waals surface area contributed by atoms with Crippen molar-refractivity contribution in [2.75, 3.05) is 7.05 Å². The third-order valence-electron chi connectivity index (χ3n) is 2.82. The molecule has 1 aliphatic carbocycles. The summed E-state index contributed by atoms with van der Waals surface area (Å²) >= 11 is 0. The Morgan fingerprint density at radius 1 is 1.55 bits per heavy atom. The Morgan fingerprint density at radius 2 is 2.27 bits per heavy atom. The van der Waals surface area contributed by atoms with Crippen LogP contribution in [0.15, 0.2) is 0 Å². The van der Waals surface area contributed by atoms with Gasteiger partial charge < -0.3 is 10.6 Å². The first-order valence-corrected chi connectivity index (χ1v) is 4.25. The lowest BCUT2D eigenvalue weighted by Crippen LogP contribution is -2.52. The number of hydrogen-bond acceptors (Lipinski definition) is 2. The highest BCUT2D eigenvalue weighted by molar-refractivity contribution is 5.83. The summed E-state index contributed by atoms with van der Waals surface area (Å²) in [6.07, 6.45) is 4.54. The van der Waals surface area contributed by atoms with Gasteiger partial charge in [-0.25, -0.2) is 0 Å². The molecule has 0 aromatic carbocycles. The van der Waals surface area contributed by atoms with Gasteiger partial charge >= 0.3 is 0 Å². The molecular formula is C8H14N2O. The minimum Gasteiger partial charge on any atom is -0.349 e. The Kier molecular flexibility index (Phi) is 1.42. The Labute approximate surface area is 66.5 Å². The number of carbonyl (C=O) groups excluding carboxylic acids is 1. The summed E-state index contributed by atoms with van der Waals surface area (Å²) in [5.41, 5.74) is 0.241. The van der Waals surface area contributed by atoms with Crippen LogP contribution in [0.1, 0.15) is 25.7 Å². The third kappa shape index (κ3) is 1.13. The fraction of sp³-hybridized carbons (Fsp3) is 0.875. The highest BCUT2D eigenvalue weighted by Gasteiger charge is 2.47. The summed E-state index contributed by atoms with van der Waals surface area (Å²) in [6.45, 7) is 0. The first-order valence-electron chi connectivity index (χ1n) is 4.25. The van der Waals surface area contributed by atoms with Gasteiger partial charge in [-0.3, -0.25) is 4.79 Å². The zero-order valence-corrected chi connectivity index (χ0v) is 6.81. The number of carbonyl (C=O) groups is 1. The second-order valence-electron chi connectivity index (χ2n) is 3.65. The van der Waals surface area contributed by atoms with Crippen LogP contribution in [0.25, 0.3) is 0 Å². The fourth-order valence-electron chi connectivity index (χ4n) is 1.76. The van der Waals surface area contributed by atoms with E-state index in [1.807, 2.05) is 7.05 Å². The van der Waals surface area contributed by atoms with E-state index in [1.165, 1.54) is 12.8 Å². The SMILES string of the molecule is CNC1CCC2(CC2)NC1=O. The molecule has 1 saturated carbocycles. The van der Waals surface area contributed by atoms with Crippen molar-refractivity contribution >= 4 is 5.91 Å². The van der Waals surface area contributed by atoms with Crippen LogP contribution >= 0.6 is 0 Å². The first-order chi connectivity index (χ1) is 5.26. The van der Waals surface area contributed by atoms with Crippen LogP contribution in [-0.4, -0.2) is 24.5 Å². The van der Waals surface area contributed by atoms with Crippen LogP contribution in [0.4, 0.5) is 0 Å². The summed E-state index contributed by atoms with van der Waals surface area (Å²) in [6, 6.07) is 0.0567. The van der Waals surface area contributed by atoms with Crippen molar-refractivity contribution in [2.45, 2.75) is 37.3 Å². The lowest BCUT2D eigenvalue weighted by Gasteiger charge is -2.28. The highest BCUT2D eigenvalue weighted by atomic mass is 16.2. The molecule has 3 nitrogen and oxygen atoms in total. The molecule has 62 valence electrons. The van der Waals surface area contributed by atoms with Gasteiger partial charge in [0.05, 0.1) is 6.04 Å². The van der Waals surface area contributed by atoms with Gasteiger partial charge in [0.1, 0.15) is 0 Å². The van der Waals surface area contributed by atoms with Crippen molar-refractivity contribution in [3.63, 3.8) is 0 Å². The number of hydrogen-bond donors (Lipinski definition) is 2. The maximum Gasteiger partial charge on any atom is 0.237 e. The predicted molar refractivity (Wildman–Crippen MR) is 42.2 cm³/mol. The molecule has 1 amide bonds. The zero-order chi connectivity index (χ0) is 7.90. The van der Waals surface area contributed by atoms with Gasteiger partial charge in [0, 0.05) is 5.54 Å². The molecule has 0 aromatic heterocycles. The predicted octanol–water partition coefficient (Wildman–Crippen LogP) is 0.0170. The molecule has 1 aliphatic heterocycles. The highest BCUT2D eigenvalue weighted by Crippen LogP contribution is 2.41. The lowest BCUT2D eigenvalue weighted by molar-refractivity contribution is -0.125. The molecular weight excluding hydrogens is 140 g/mol. The molecule has 1 unspecified atom stereocenters. The summed E-state index contributed by atoms with van der Waals surface area (Å²) < 4.78 is 0. The van der Waals surface area contributed by atoms with Crippen LogP contribution < -0.4 is 10.6 Å². The standard InChI is InChI=1S/C8H14N2O/c1-9-6-2-3-8(4-5-8)10-7(6)11/h6,9H,2-5H2,1H3,(H,10,11). The Morgan fingerprint density at radius 3 is 2.73 bits per heavy atom. The molecule has 2 N–H and O–H groups in total. The fourth-order valence-corrected chi connectivity index (χ4v) is 1.76. The molecule has 2 aliphatic rings. The van der Waals surface area contributed by atoms with Crippen molar-refractivity contribution in [1.29, 1.82) is 0 Å². The van der Waals surface area contributed by atoms with Crippen LogP contribution in [0, 0.1) is 0 Å². The van der Waals surface area contributed by atoms with E-state index in [0.717, 1.165) is 12.8 Å². The van der Waals surface area contributed by atoms with Crippen molar-refractivity contribution in [2.24, 2.45) is 0 Å². The molecule has 2 fully saturated rings. The van der Waals surface area contributed by atoms with E-state index in [0.29, 0.717) is 0 Å². The monoisotopic (exact) mass is 154 g/mol. The van der Waals surface area contributed by atoms with E-state index in [4.69, 9.17) is 0 Å². The van der Waals surface area contributed by atoms with Crippen molar-refractivity contribution in [3.05, 3.63) is 0 Å². The van der Waals surface area contributed by atoms with Gasteiger partial charge in [-0.1, -0.05) is 0 Å². The van der Waals surface area contributed by atoms with E-state index in [-0.39, 0.29) is 17.5 Å². The molecule has 2 rings (SSSR count). The maximum atomic E-state index is 11.3. The van der Waals surface area contributed by atoms with Gasteiger partial charge in [0.2, 0.25) is 5.91 Å². The van der Waals surface area contributed by atoms with Gasteiger partial charge in [-0.15, -0.1) is 0 Å². The second kappa shape index (κ2) is 2.21. The van der Waals surface area contributed by atoms with E-state index in [1.54, 1.807) is 0 Å². The molecule has 1 saturated heterocycles. The van der Waals surface area contributed by atoms with Crippen LogP contribution in [0.5, 0.6) is 0 Å². The van der Waals surface area contributed by atoms with Crippen molar-refractivity contribution in [1.82, 2.24) is 10.6 Å². The quantitative estimate of drug-likeness (QED) is 0.559. The molecule has 11 heavy (non-hydrogen) atoms. The van der Waals surface area contributed by atoms with Gasteiger partial charge in [0.25, 0.3) is 0 Å². The molecule has 0 aromatic rings. The molecule has 1 spiro atoms. The van der Waals surface area contributed by atoms with Gasteiger partial charge in [-0.2, -0.15) is 0 Å². The Bertz CT molecular complexity index is 187. The summed E-state index contributed by atoms with van der Waals surface area (Å²) in [5.74, 6) is 0.191. The number of rotatable bonds is 1.